The molecule has 0 spiro atoms. The van der Waals surface area contributed by atoms with Gasteiger partial charge in [0.1, 0.15) is 0 Å². The molecule has 2 aromatic rings. The first-order valence-corrected chi connectivity index (χ1v) is 6.10. The van der Waals surface area contributed by atoms with Gasteiger partial charge >= 0.3 is 0 Å². The molecule has 2 rings (SSSR count). The Balaban J connectivity index is 2.93. The third kappa shape index (κ3) is 2.39. The Morgan fingerprint density at radius 2 is 1.82 bits per heavy atom. The van der Waals surface area contributed by atoms with Crippen molar-refractivity contribution in [2.24, 2.45) is 5.73 Å². The topological polar surface area (TPSA) is 38.9 Å². The molecule has 1 aromatic carbocycles. The first-order chi connectivity index (χ1) is 7.79. The van der Waals surface area contributed by atoms with E-state index in [0.717, 1.165) is 22.2 Å². The van der Waals surface area contributed by atoms with Crippen LogP contribution in [0.4, 0.5) is 0 Å². The van der Waals surface area contributed by atoms with Gasteiger partial charge in [-0.2, -0.15) is 0 Å². The van der Waals surface area contributed by atoms with E-state index in [9.17, 15) is 0 Å². The van der Waals surface area contributed by atoms with E-state index in [2.05, 4.69) is 4.98 Å². The fourth-order valence-corrected chi connectivity index (χ4v) is 2.45. The summed E-state index contributed by atoms with van der Waals surface area (Å²) in [5, 5.41) is 2.07. The summed E-state index contributed by atoms with van der Waals surface area (Å²) in [4.78, 5) is 4.44. The van der Waals surface area contributed by atoms with Gasteiger partial charge in [-0.3, -0.25) is 4.98 Å². The Bertz CT molecular complexity index is 586. The summed E-state index contributed by atoms with van der Waals surface area (Å²) in [7, 11) is 0. The molecular formula is C13H14Cl2N2. The van der Waals surface area contributed by atoms with Gasteiger partial charge in [0.05, 0.1) is 10.5 Å². The Morgan fingerprint density at radius 1 is 1.18 bits per heavy atom. The van der Waals surface area contributed by atoms with Crippen LogP contribution < -0.4 is 5.73 Å². The lowest BCUT2D eigenvalue weighted by atomic mass is 9.91. The molecule has 0 atom stereocenters. The number of hydrogen-bond acceptors (Lipinski definition) is 2. The van der Waals surface area contributed by atoms with E-state index in [1.807, 2.05) is 32.9 Å². The van der Waals surface area contributed by atoms with Crippen molar-refractivity contribution in [1.29, 1.82) is 0 Å². The van der Waals surface area contributed by atoms with Gasteiger partial charge in [-0.15, -0.1) is 0 Å². The van der Waals surface area contributed by atoms with Gasteiger partial charge in [-0.1, -0.05) is 23.2 Å². The monoisotopic (exact) mass is 268 g/mol. The van der Waals surface area contributed by atoms with Gasteiger partial charge in [0.2, 0.25) is 0 Å². The number of fused-ring (bicyclic) bond motifs is 1. The Hall–Kier alpha value is -0.830. The van der Waals surface area contributed by atoms with Crippen LogP contribution in [0.1, 0.15) is 25.1 Å². The van der Waals surface area contributed by atoms with Crippen LogP contribution in [-0.2, 0) is 5.54 Å². The van der Waals surface area contributed by atoms with Crippen LogP contribution in [0.2, 0.25) is 10.0 Å². The lowest BCUT2D eigenvalue weighted by Gasteiger charge is -2.22. The van der Waals surface area contributed by atoms with E-state index >= 15 is 0 Å². The molecule has 0 radical (unpaired) electrons. The molecule has 0 unspecified atom stereocenters. The zero-order valence-electron chi connectivity index (χ0n) is 10.0. The molecule has 0 saturated heterocycles. The predicted molar refractivity (Wildman–Crippen MR) is 73.7 cm³/mol. The van der Waals surface area contributed by atoms with Gasteiger partial charge in [0.15, 0.2) is 0 Å². The summed E-state index contributed by atoms with van der Waals surface area (Å²) in [6, 6.07) is 5.54. The number of nitrogens with two attached hydrogens (primary N) is 1. The molecule has 1 aromatic heterocycles. The average Bonchev–Trinajstić information content (AvgIpc) is 2.16. The highest BCUT2D eigenvalue weighted by Crippen LogP contribution is 2.33. The summed E-state index contributed by atoms with van der Waals surface area (Å²) in [6.45, 7) is 5.84. The van der Waals surface area contributed by atoms with E-state index in [0.29, 0.717) is 10.0 Å². The number of rotatable bonds is 1. The molecule has 0 fully saturated rings. The zero-order valence-corrected chi connectivity index (χ0v) is 11.5. The van der Waals surface area contributed by atoms with Crippen LogP contribution >= 0.6 is 23.2 Å². The van der Waals surface area contributed by atoms with Crippen molar-refractivity contribution < 1.29 is 0 Å². The quantitative estimate of drug-likeness (QED) is 0.848. The maximum absolute atomic E-state index is 6.18. The summed E-state index contributed by atoms with van der Waals surface area (Å²) in [5.74, 6) is 0. The molecular weight excluding hydrogens is 255 g/mol. The van der Waals surface area contributed by atoms with E-state index in [4.69, 9.17) is 28.9 Å². The third-order valence-corrected chi connectivity index (χ3v) is 3.16. The van der Waals surface area contributed by atoms with Gasteiger partial charge < -0.3 is 5.73 Å². The van der Waals surface area contributed by atoms with Crippen molar-refractivity contribution in [2.45, 2.75) is 26.3 Å². The third-order valence-electron chi connectivity index (χ3n) is 2.65. The minimum absolute atomic E-state index is 0.458. The van der Waals surface area contributed by atoms with Crippen molar-refractivity contribution >= 4 is 34.1 Å². The van der Waals surface area contributed by atoms with Crippen molar-refractivity contribution in [3.8, 4) is 0 Å². The number of aromatic nitrogens is 1. The van der Waals surface area contributed by atoms with Crippen LogP contribution in [0.3, 0.4) is 0 Å². The van der Waals surface area contributed by atoms with Crippen LogP contribution in [0.25, 0.3) is 10.9 Å². The van der Waals surface area contributed by atoms with Crippen LogP contribution in [0.5, 0.6) is 0 Å². The lowest BCUT2D eigenvalue weighted by molar-refractivity contribution is 0.558. The Morgan fingerprint density at radius 3 is 2.41 bits per heavy atom. The molecule has 90 valence electrons. The maximum Gasteiger partial charge on any atom is 0.0895 e. The minimum Gasteiger partial charge on any atom is -0.322 e. The molecule has 17 heavy (non-hydrogen) atoms. The Kier molecular flexibility index (Phi) is 3.06. The van der Waals surface area contributed by atoms with Crippen LogP contribution in [0, 0.1) is 6.92 Å². The zero-order chi connectivity index (χ0) is 12.8. The Labute approximate surface area is 111 Å². The number of nitrogens with zero attached hydrogens (tertiary/aromatic N) is 1. The smallest absolute Gasteiger partial charge is 0.0895 e. The van der Waals surface area contributed by atoms with E-state index in [1.165, 1.54) is 0 Å². The highest BCUT2D eigenvalue weighted by atomic mass is 35.5. The van der Waals surface area contributed by atoms with Gasteiger partial charge in [0, 0.05) is 21.6 Å². The molecule has 2 N–H and O–H groups in total. The largest absolute Gasteiger partial charge is 0.322 e. The van der Waals surface area contributed by atoms with Crippen LogP contribution in [-0.4, -0.2) is 4.98 Å². The number of pyridine rings is 1. The summed E-state index contributed by atoms with van der Waals surface area (Å²) < 4.78 is 0. The van der Waals surface area contributed by atoms with E-state index in [1.54, 1.807) is 6.07 Å². The standard InChI is InChI=1S/C13H14Cl2N2/c1-7-4-10(13(2,3)16)9-5-8(14)6-11(15)12(9)17-7/h4-6H,16H2,1-3H3. The van der Waals surface area contributed by atoms with Crippen LogP contribution in [0.15, 0.2) is 18.2 Å². The highest BCUT2D eigenvalue weighted by molar-refractivity contribution is 6.38. The first-order valence-electron chi connectivity index (χ1n) is 5.35. The molecule has 1 heterocycles. The predicted octanol–water partition coefficient (Wildman–Crippen LogP) is 4.04. The first kappa shape index (κ1) is 12.6. The molecule has 0 amide bonds. The van der Waals surface area contributed by atoms with Gasteiger partial charge in [-0.05, 0) is 44.5 Å². The number of halogens is 2. The van der Waals surface area contributed by atoms with Crippen molar-refractivity contribution in [3.05, 3.63) is 39.5 Å². The van der Waals surface area contributed by atoms with E-state index in [-0.39, 0.29) is 0 Å². The molecule has 0 bridgehead atoms. The molecule has 0 aliphatic heterocycles. The number of hydrogen-bond donors (Lipinski definition) is 1. The van der Waals surface area contributed by atoms with Gasteiger partial charge in [-0.25, -0.2) is 0 Å². The lowest BCUT2D eigenvalue weighted by Crippen LogP contribution is -2.29. The van der Waals surface area contributed by atoms with E-state index < -0.39 is 5.54 Å². The van der Waals surface area contributed by atoms with Crippen molar-refractivity contribution in [1.82, 2.24) is 4.98 Å². The summed E-state index contributed by atoms with van der Waals surface area (Å²) in [5.41, 5.74) is 8.38. The SMILES string of the molecule is Cc1cc(C(C)(C)N)c2cc(Cl)cc(Cl)c2n1. The second-order valence-electron chi connectivity index (χ2n) is 4.82. The summed E-state index contributed by atoms with van der Waals surface area (Å²) >= 11 is 12.2. The highest BCUT2D eigenvalue weighted by Gasteiger charge is 2.19. The number of aryl methyl sites for hydroxylation is 1. The van der Waals surface area contributed by atoms with Gasteiger partial charge in [0.25, 0.3) is 0 Å². The maximum atomic E-state index is 6.18. The normalized spacial score (nSPS) is 12.1. The molecule has 0 aliphatic carbocycles. The molecule has 2 nitrogen and oxygen atoms in total. The summed E-state index contributed by atoms with van der Waals surface area (Å²) in [6.07, 6.45) is 0. The minimum atomic E-state index is -0.458. The number of benzene rings is 1. The van der Waals surface area contributed by atoms with Crippen molar-refractivity contribution in [2.75, 3.05) is 0 Å². The second-order valence-corrected chi connectivity index (χ2v) is 5.66. The average molecular weight is 269 g/mol. The second kappa shape index (κ2) is 4.13. The van der Waals surface area contributed by atoms with Crippen molar-refractivity contribution in [3.63, 3.8) is 0 Å². The molecule has 4 heteroatoms. The fourth-order valence-electron chi connectivity index (χ4n) is 1.91. The molecule has 0 saturated carbocycles. The fraction of sp³-hybridized carbons (Fsp3) is 0.308. The molecule has 0 aliphatic rings.